The highest BCUT2D eigenvalue weighted by molar-refractivity contribution is 5.77. The Hall–Kier alpha value is -1.62. The zero-order valence-corrected chi connectivity index (χ0v) is 9.87. The number of rotatable bonds is 5. The SMILES string of the molecule is Cc1ccc(OCCC(C)(N)C(=O)O)cc1F. The average Bonchev–Trinajstić information content (AvgIpc) is 2.23. The smallest absolute Gasteiger partial charge is 0.323 e. The highest BCUT2D eigenvalue weighted by Gasteiger charge is 2.27. The molecule has 0 spiro atoms. The standard InChI is InChI=1S/C12H16FNO3/c1-8-3-4-9(7-10(8)13)17-6-5-12(2,14)11(15)16/h3-4,7H,5-6,14H2,1-2H3,(H,15,16). The van der Waals surface area contributed by atoms with Crippen LogP contribution in [0.3, 0.4) is 0 Å². The fourth-order valence-electron chi connectivity index (χ4n) is 1.15. The molecule has 0 aromatic heterocycles. The molecule has 0 fully saturated rings. The molecule has 3 N–H and O–H groups in total. The minimum absolute atomic E-state index is 0.127. The number of nitrogens with two attached hydrogens (primary N) is 1. The van der Waals surface area contributed by atoms with Crippen molar-refractivity contribution in [2.75, 3.05) is 6.61 Å². The zero-order valence-electron chi connectivity index (χ0n) is 9.87. The van der Waals surface area contributed by atoms with E-state index in [1.165, 1.54) is 13.0 Å². The maximum atomic E-state index is 13.2. The van der Waals surface area contributed by atoms with Crippen molar-refractivity contribution in [1.29, 1.82) is 0 Å². The van der Waals surface area contributed by atoms with Crippen LogP contribution in [0.1, 0.15) is 18.9 Å². The molecule has 94 valence electrons. The number of halogens is 1. The molecule has 0 bridgehead atoms. The second-order valence-corrected chi connectivity index (χ2v) is 4.23. The summed E-state index contributed by atoms with van der Waals surface area (Å²) in [5.41, 5.74) is 4.73. The van der Waals surface area contributed by atoms with Crippen LogP contribution in [0.5, 0.6) is 5.75 Å². The highest BCUT2D eigenvalue weighted by atomic mass is 19.1. The monoisotopic (exact) mass is 241 g/mol. The van der Waals surface area contributed by atoms with Gasteiger partial charge in [-0.15, -0.1) is 0 Å². The summed E-state index contributed by atoms with van der Waals surface area (Å²) >= 11 is 0. The highest BCUT2D eigenvalue weighted by Crippen LogP contribution is 2.16. The van der Waals surface area contributed by atoms with E-state index < -0.39 is 11.5 Å². The van der Waals surface area contributed by atoms with Gasteiger partial charge in [0.05, 0.1) is 6.61 Å². The van der Waals surface area contributed by atoms with Crippen molar-refractivity contribution in [2.24, 2.45) is 5.73 Å². The van der Waals surface area contributed by atoms with Crippen molar-refractivity contribution < 1.29 is 19.0 Å². The predicted molar refractivity (Wildman–Crippen MR) is 61.5 cm³/mol. The molecule has 1 atom stereocenters. The number of hydrogen-bond donors (Lipinski definition) is 2. The molecule has 0 aliphatic heterocycles. The molecule has 1 unspecified atom stereocenters. The lowest BCUT2D eigenvalue weighted by Crippen LogP contribution is -2.45. The van der Waals surface area contributed by atoms with Crippen molar-refractivity contribution in [2.45, 2.75) is 25.8 Å². The first kappa shape index (κ1) is 13.4. The van der Waals surface area contributed by atoms with Crippen LogP contribution in [-0.4, -0.2) is 23.2 Å². The lowest BCUT2D eigenvalue weighted by Gasteiger charge is -2.19. The van der Waals surface area contributed by atoms with Crippen molar-refractivity contribution >= 4 is 5.97 Å². The van der Waals surface area contributed by atoms with Crippen LogP contribution in [0.15, 0.2) is 18.2 Å². The number of carboxylic acids is 1. The van der Waals surface area contributed by atoms with Crippen LogP contribution in [0.2, 0.25) is 0 Å². The van der Waals surface area contributed by atoms with E-state index >= 15 is 0 Å². The van der Waals surface area contributed by atoms with Gasteiger partial charge in [0.15, 0.2) is 0 Å². The summed E-state index contributed by atoms with van der Waals surface area (Å²) in [5, 5.41) is 8.78. The molecule has 5 heteroatoms. The summed E-state index contributed by atoms with van der Waals surface area (Å²) in [5.74, 6) is -1.07. The summed E-state index contributed by atoms with van der Waals surface area (Å²) in [6.45, 7) is 3.19. The van der Waals surface area contributed by atoms with Gasteiger partial charge in [-0.05, 0) is 25.5 Å². The molecule has 0 amide bonds. The van der Waals surface area contributed by atoms with Gasteiger partial charge in [0.1, 0.15) is 17.1 Å². The lowest BCUT2D eigenvalue weighted by molar-refractivity contribution is -0.143. The molecule has 0 radical (unpaired) electrons. The van der Waals surface area contributed by atoms with Crippen LogP contribution in [0.25, 0.3) is 0 Å². The molecule has 0 saturated heterocycles. The second-order valence-electron chi connectivity index (χ2n) is 4.23. The van der Waals surface area contributed by atoms with Gasteiger partial charge in [-0.2, -0.15) is 0 Å². The summed E-state index contributed by atoms with van der Waals surface area (Å²) in [4.78, 5) is 10.7. The Kier molecular flexibility index (Phi) is 4.07. The van der Waals surface area contributed by atoms with E-state index in [9.17, 15) is 9.18 Å². The molecule has 0 aliphatic carbocycles. The Bertz CT molecular complexity index is 418. The van der Waals surface area contributed by atoms with E-state index in [-0.39, 0.29) is 18.8 Å². The Morgan fingerprint density at radius 3 is 2.76 bits per heavy atom. The van der Waals surface area contributed by atoms with Crippen molar-refractivity contribution in [3.63, 3.8) is 0 Å². The van der Waals surface area contributed by atoms with E-state index in [1.54, 1.807) is 19.1 Å². The molecular weight excluding hydrogens is 225 g/mol. The number of carboxylic acid groups (broad SMARTS) is 1. The predicted octanol–water partition coefficient (Wildman–Crippen LogP) is 1.71. The number of benzene rings is 1. The number of ether oxygens (including phenoxy) is 1. The van der Waals surface area contributed by atoms with Gasteiger partial charge >= 0.3 is 5.97 Å². The van der Waals surface area contributed by atoms with Crippen molar-refractivity contribution in [1.82, 2.24) is 0 Å². The third-order valence-corrected chi connectivity index (χ3v) is 2.52. The molecule has 17 heavy (non-hydrogen) atoms. The Labute approximate surface area is 99.2 Å². The minimum atomic E-state index is -1.33. The summed E-state index contributed by atoms with van der Waals surface area (Å²) in [7, 11) is 0. The van der Waals surface area contributed by atoms with Crippen LogP contribution in [-0.2, 0) is 4.79 Å². The number of carbonyl (C=O) groups is 1. The first-order valence-corrected chi connectivity index (χ1v) is 5.24. The zero-order chi connectivity index (χ0) is 13.1. The molecule has 0 saturated carbocycles. The second kappa shape index (κ2) is 5.14. The largest absolute Gasteiger partial charge is 0.493 e. The molecule has 0 heterocycles. The Morgan fingerprint density at radius 2 is 2.24 bits per heavy atom. The Morgan fingerprint density at radius 1 is 1.59 bits per heavy atom. The maximum absolute atomic E-state index is 13.2. The van der Waals surface area contributed by atoms with Gasteiger partial charge in [0.2, 0.25) is 0 Å². The summed E-state index contributed by atoms with van der Waals surface area (Å²) in [6.07, 6.45) is 0.151. The van der Waals surface area contributed by atoms with E-state index in [2.05, 4.69) is 0 Å². The van der Waals surface area contributed by atoms with Gasteiger partial charge in [-0.1, -0.05) is 6.07 Å². The summed E-state index contributed by atoms with van der Waals surface area (Å²) in [6, 6.07) is 4.50. The molecule has 4 nitrogen and oxygen atoms in total. The van der Waals surface area contributed by atoms with Crippen molar-refractivity contribution in [3.05, 3.63) is 29.6 Å². The van der Waals surface area contributed by atoms with Gasteiger partial charge in [0.25, 0.3) is 0 Å². The number of aryl methyl sites for hydroxylation is 1. The van der Waals surface area contributed by atoms with Crippen LogP contribution in [0.4, 0.5) is 4.39 Å². The fourth-order valence-corrected chi connectivity index (χ4v) is 1.15. The quantitative estimate of drug-likeness (QED) is 0.823. The fraction of sp³-hybridized carbons (Fsp3) is 0.417. The molecule has 0 aliphatic rings. The van der Waals surface area contributed by atoms with Gasteiger partial charge in [-0.25, -0.2) is 4.39 Å². The van der Waals surface area contributed by atoms with Crippen LogP contribution in [0, 0.1) is 12.7 Å². The summed E-state index contributed by atoms with van der Waals surface area (Å²) < 4.78 is 18.4. The molecular formula is C12H16FNO3. The number of hydrogen-bond acceptors (Lipinski definition) is 3. The molecule has 1 aromatic rings. The first-order chi connectivity index (χ1) is 7.83. The normalized spacial score (nSPS) is 14.1. The van der Waals surface area contributed by atoms with E-state index in [4.69, 9.17) is 15.6 Å². The van der Waals surface area contributed by atoms with Gasteiger partial charge in [0, 0.05) is 12.5 Å². The van der Waals surface area contributed by atoms with Crippen LogP contribution < -0.4 is 10.5 Å². The Balaban J connectivity index is 2.51. The van der Waals surface area contributed by atoms with E-state index in [0.717, 1.165) is 0 Å². The van der Waals surface area contributed by atoms with Crippen molar-refractivity contribution in [3.8, 4) is 5.75 Å². The molecule has 1 rings (SSSR count). The first-order valence-electron chi connectivity index (χ1n) is 5.24. The lowest BCUT2D eigenvalue weighted by atomic mass is 10.0. The third-order valence-electron chi connectivity index (χ3n) is 2.52. The number of aliphatic carboxylic acids is 1. The maximum Gasteiger partial charge on any atom is 0.323 e. The minimum Gasteiger partial charge on any atom is -0.493 e. The van der Waals surface area contributed by atoms with Gasteiger partial charge < -0.3 is 15.6 Å². The van der Waals surface area contributed by atoms with Crippen LogP contribution >= 0.6 is 0 Å². The molecule has 1 aromatic carbocycles. The van der Waals surface area contributed by atoms with E-state index in [0.29, 0.717) is 11.3 Å². The average molecular weight is 241 g/mol. The van der Waals surface area contributed by atoms with E-state index in [1.807, 2.05) is 0 Å². The topological polar surface area (TPSA) is 72.5 Å². The van der Waals surface area contributed by atoms with Gasteiger partial charge in [-0.3, -0.25) is 4.79 Å². The third kappa shape index (κ3) is 3.71.